The molecule has 0 aromatic heterocycles. The lowest BCUT2D eigenvalue weighted by molar-refractivity contribution is -0.0436. The molecule has 3 aliphatic rings. The van der Waals surface area contributed by atoms with Crippen molar-refractivity contribution in [1.29, 1.82) is 0 Å². The highest BCUT2D eigenvalue weighted by molar-refractivity contribution is 7.99. The van der Waals surface area contributed by atoms with Gasteiger partial charge in [-0.15, -0.1) is 11.8 Å². The van der Waals surface area contributed by atoms with E-state index in [4.69, 9.17) is 21.1 Å². The zero-order valence-corrected chi connectivity index (χ0v) is 44.7. The average molecular weight is 1090 g/mol. The first-order valence-electron chi connectivity index (χ1n) is 24.3. The van der Waals surface area contributed by atoms with Crippen molar-refractivity contribution < 1.29 is 49.1 Å². The van der Waals surface area contributed by atoms with Crippen LogP contribution in [0.2, 0.25) is 5.02 Å². The molecule has 2 amide bonds. The molecule has 2 aliphatic heterocycles. The van der Waals surface area contributed by atoms with Crippen LogP contribution in [0.5, 0.6) is 0 Å². The standard InChI is InChI=1S/C52H64ClF3N6O8S3/c1-50(2,3)70-49(64)57-36-51(4)22-20-45(37-10-14-40(53)15-11-37)39(33-51)34-61-24-26-62(27-25-61)42-16-12-38(13-17-42)48(63)59-73(67,68)44-18-19-46(47(32-44)72(65,66)52(54,55)56)58-41(21-23-60-28-30-69-31-29-60)35-71-43-8-6-5-7-9-43/h5-19,32,41,58H,20-31,33-36H2,1-4H3,(H,57,64)(H,59,63)/t41-,51+/m1/s1. The second kappa shape index (κ2) is 23.8. The van der Waals surface area contributed by atoms with Gasteiger partial charge in [0.25, 0.3) is 25.8 Å². The first-order valence-corrected chi connectivity index (χ1v) is 28.6. The molecule has 7 rings (SSSR count). The third-order valence-electron chi connectivity index (χ3n) is 13.1. The topological polar surface area (TPSA) is 167 Å². The number of anilines is 2. The fraction of sp³-hybridized carbons (Fsp3) is 0.462. The monoisotopic (exact) mass is 1090 g/mol. The number of morpholine rings is 1. The summed E-state index contributed by atoms with van der Waals surface area (Å²) in [6.45, 7) is 14.6. The zero-order chi connectivity index (χ0) is 52.6. The number of amides is 2. The van der Waals surface area contributed by atoms with E-state index in [2.05, 4.69) is 32.3 Å². The quantitative estimate of drug-likeness (QED) is 0.0808. The van der Waals surface area contributed by atoms with Gasteiger partial charge in [0, 0.05) is 91.9 Å². The highest BCUT2D eigenvalue weighted by Gasteiger charge is 2.48. The molecule has 0 bridgehead atoms. The van der Waals surface area contributed by atoms with Crippen LogP contribution in [0.15, 0.2) is 117 Å². The molecule has 0 radical (unpaired) electrons. The second-order valence-corrected chi connectivity index (χ2v) is 25.1. The van der Waals surface area contributed by atoms with Crippen LogP contribution < -0.4 is 20.3 Å². The Labute approximate surface area is 436 Å². The van der Waals surface area contributed by atoms with Crippen molar-refractivity contribution in [3.63, 3.8) is 0 Å². The number of sulfonamides is 1. The largest absolute Gasteiger partial charge is 0.501 e. The lowest BCUT2D eigenvalue weighted by atomic mass is 9.71. The van der Waals surface area contributed by atoms with Crippen molar-refractivity contribution in [2.24, 2.45) is 5.41 Å². The van der Waals surface area contributed by atoms with Gasteiger partial charge in [0.05, 0.1) is 23.8 Å². The SMILES string of the molecule is CC(C)(C)OC(=O)NC[C@@]1(C)CCC(c2ccc(Cl)cc2)=C(CN2CCN(c3ccc(C(=O)NS(=O)(=O)c4ccc(N[C@H](CCN5CCOCC5)CSc5ccccc5)c(S(=O)(=O)C(F)(F)F)c4)cc3)CC2)C1. The fourth-order valence-corrected chi connectivity index (χ4v) is 12.3. The number of rotatable bonds is 18. The lowest BCUT2D eigenvalue weighted by Crippen LogP contribution is -2.47. The van der Waals surface area contributed by atoms with E-state index in [1.807, 2.05) is 80.1 Å². The number of piperazine rings is 1. The number of carbonyl (C=O) groups excluding carboxylic acids is 2. The lowest BCUT2D eigenvalue weighted by Gasteiger charge is -2.41. The number of allylic oxidation sites excluding steroid dienone is 1. The first-order chi connectivity index (χ1) is 34.5. The van der Waals surface area contributed by atoms with Gasteiger partial charge in [0.2, 0.25) is 0 Å². The van der Waals surface area contributed by atoms with E-state index in [1.54, 1.807) is 12.1 Å². The van der Waals surface area contributed by atoms with Gasteiger partial charge in [-0.2, -0.15) is 13.2 Å². The van der Waals surface area contributed by atoms with Gasteiger partial charge in [0.1, 0.15) is 10.5 Å². The Morgan fingerprint density at radius 2 is 1.53 bits per heavy atom. The third kappa shape index (κ3) is 15.4. The van der Waals surface area contributed by atoms with Gasteiger partial charge in [-0.05, 0) is 130 Å². The first kappa shape index (κ1) is 55.9. The Hall–Kier alpha value is -4.83. The summed E-state index contributed by atoms with van der Waals surface area (Å²) in [5, 5.41) is 6.64. The summed E-state index contributed by atoms with van der Waals surface area (Å²) in [5.41, 5.74) is -2.51. The highest BCUT2D eigenvalue weighted by Crippen LogP contribution is 2.43. The van der Waals surface area contributed by atoms with Crippen molar-refractivity contribution in [3.8, 4) is 0 Å². The number of halogens is 4. The van der Waals surface area contributed by atoms with Crippen molar-refractivity contribution in [2.45, 2.75) is 85.2 Å². The van der Waals surface area contributed by atoms with E-state index in [-0.39, 0.29) is 11.0 Å². The van der Waals surface area contributed by atoms with Gasteiger partial charge in [0.15, 0.2) is 0 Å². The number of hydrogen-bond acceptors (Lipinski definition) is 13. The Morgan fingerprint density at radius 3 is 2.18 bits per heavy atom. The fourth-order valence-electron chi connectivity index (χ4n) is 9.14. The summed E-state index contributed by atoms with van der Waals surface area (Å²) in [6, 6.07) is 25.4. The van der Waals surface area contributed by atoms with Crippen molar-refractivity contribution in [1.82, 2.24) is 19.8 Å². The highest BCUT2D eigenvalue weighted by atomic mass is 35.5. The molecule has 2 heterocycles. The van der Waals surface area contributed by atoms with Gasteiger partial charge in [-0.3, -0.25) is 14.6 Å². The number of carbonyl (C=O) groups is 2. The number of alkyl carbamates (subject to hydrolysis) is 1. The zero-order valence-electron chi connectivity index (χ0n) is 41.5. The third-order valence-corrected chi connectivity index (χ3v) is 17.4. The number of alkyl halides is 3. The Balaban J connectivity index is 1.00. The second-order valence-electron chi connectivity index (χ2n) is 20.0. The van der Waals surface area contributed by atoms with Gasteiger partial charge >= 0.3 is 11.6 Å². The number of benzene rings is 4. The van der Waals surface area contributed by atoms with E-state index >= 15 is 0 Å². The van der Waals surface area contributed by atoms with Crippen molar-refractivity contribution in [2.75, 3.05) is 88.1 Å². The molecule has 3 N–H and O–H groups in total. The molecule has 4 aromatic carbocycles. The van der Waals surface area contributed by atoms with E-state index in [9.17, 15) is 39.6 Å². The minimum absolute atomic E-state index is 0.0328. The van der Waals surface area contributed by atoms with Crippen molar-refractivity contribution in [3.05, 3.63) is 119 Å². The predicted molar refractivity (Wildman–Crippen MR) is 280 cm³/mol. The van der Waals surface area contributed by atoms with Crippen molar-refractivity contribution >= 4 is 72.2 Å². The maximum Gasteiger partial charge on any atom is 0.501 e. The molecule has 73 heavy (non-hydrogen) atoms. The molecule has 0 saturated carbocycles. The Morgan fingerprint density at radius 1 is 0.863 bits per heavy atom. The minimum atomic E-state index is -6.08. The van der Waals surface area contributed by atoms with Gasteiger partial charge in [-0.1, -0.05) is 54.4 Å². The summed E-state index contributed by atoms with van der Waals surface area (Å²) in [7, 11) is -11.0. The Bertz CT molecular complexity index is 2800. The number of nitrogens with one attached hydrogen (secondary N) is 3. The summed E-state index contributed by atoms with van der Waals surface area (Å²) in [5.74, 6) is -0.695. The summed E-state index contributed by atoms with van der Waals surface area (Å²) in [6.07, 6.45) is 2.48. The molecule has 1 aliphatic carbocycles. The Kier molecular flexibility index (Phi) is 18.2. The summed E-state index contributed by atoms with van der Waals surface area (Å²) >= 11 is 7.69. The predicted octanol–water partition coefficient (Wildman–Crippen LogP) is 9.34. The molecule has 4 aromatic rings. The molecular formula is C52H64ClF3N6O8S3. The molecule has 2 atom stereocenters. The normalized spacial score (nSPS) is 19.0. The van der Waals surface area contributed by atoms with Crippen LogP contribution in [0.3, 0.4) is 0 Å². The number of ether oxygens (including phenoxy) is 2. The number of hydrogen-bond donors (Lipinski definition) is 3. The van der Waals surface area contributed by atoms with Crippen LogP contribution in [-0.2, 0) is 29.3 Å². The minimum Gasteiger partial charge on any atom is -0.444 e. The molecule has 2 fully saturated rings. The molecular weight excluding hydrogens is 1030 g/mol. The molecule has 21 heteroatoms. The average Bonchev–Trinajstić information content (AvgIpc) is 3.34. The molecule has 2 saturated heterocycles. The van der Waals surface area contributed by atoms with Crippen LogP contribution in [-0.4, -0.2) is 134 Å². The van der Waals surface area contributed by atoms with Crippen LogP contribution in [0.1, 0.15) is 69.3 Å². The van der Waals surface area contributed by atoms with E-state index in [0.29, 0.717) is 75.7 Å². The number of thioether (sulfide) groups is 1. The summed E-state index contributed by atoms with van der Waals surface area (Å²) < 4.78 is 109. The molecule has 0 spiro atoms. The molecule has 14 nitrogen and oxygen atoms in total. The van der Waals surface area contributed by atoms with E-state index < -0.39 is 64.5 Å². The van der Waals surface area contributed by atoms with Crippen LogP contribution in [0.25, 0.3) is 5.57 Å². The number of nitrogens with zero attached hydrogens (tertiary/aromatic N) is 3. The van der Waals surface area contributed by atoms with E-state index in [1.165, 1.54) is 35.0 Å². The van der Waals surface area contributed by atoms with Gasteiger partial charge < -0.3 is 25.0 Å². The molecule has 396 valence electrons. The van der Waals surface area contributed by atoms with E-state index in [0.717, 1.165) is 67.2 Å². The van der Waals surface area contributed by atoms with Crippen LogP contribution in [0.4, 0.5) is 29.3 Å². The maximum absolute atomic E-state index is 14.2. The van der Waals surface area contributed by atoms with Crippen LogP contribution in [0, 0.1) is 5.41 Å². The summed E-state index contributed by atoms with van der Waals surface area (Å²) in [4.78, 5) is 31.5. The maximum atomic E-state index is 14.2. The van der Waals surface area contributed by atoms with Crippen LogP contribution >= 0.6 is 23.4 Å². The van der Waals surface area contributed by atoms with Gasteiger partial charge in [-0.25, -0.2) is 26.4 Å². The number of sulfone groups is 1. The molecule has 0 unspecified atom stereocenters. The smallest absolute Gasteiger partial charge is 0.444 e.